The maximum atomic E-state index is 4.67. The average molecular weight is 390 g/mol. The van der Waals surface area contributed by atoms with Gasteiger partial charge >= 0.3 is 0 Å². The molecule has 156 valence electrons. The molecule has 3 rings (SSSR count). The zero-order chi connectivity index (χ0) is 20.3. The molecule has 1 heteroatoms. The molecule has 1 aliphatic rings. The Balaban J connectivity index is 1.46. The van der Waals surface area contributed by atoms with Gasteiger partial charge in [0, 0.05) is 11.8 Å². The molecule has 1 heterocycles. The Morgan fingerprint density at radius 3 is 2.34 bits per heavy atom. The van der Waals surface area contributed by atoms with Crippen LogP contribution in [0.3, 0.4) is 0 Å². The molecule has 0 spiro atoms. The summed E-state index contributed by atoms with van der Waals surface area (Å²) in [5.41, 5.74) is 5.11. The SMILES string of the molecule is C=CCCc1ccc(-c2ccc(C3CCC(CCCCCCC)CC3)cc2)nc1. The first-order chi connectivity index (χ1) is 14.3. The Morgan fingerprint density at radius 2 is 1.69 bits per heavy atom. The van der Waals surface area contributed by atoms with E-state index in [0.717, 1.165) is 30.4 Å². The number of nitrogens with zero attached hydrogens (tertiary/aromatic N) is 1. The highest BCUT2D eigenvalue weighted by Crippen LogP contribution is 2.38. The second-order valence-electron chi connectivity index (χ2n) is 8.92. The van der Waals surface area contributed by atoms with Gasteiger partial charge in [-0.2, -0.15) is 0 Å². The first-order valence-electron chi connectivity index (χ1n) is 12.0. The van der Waals surface area contributed by atoms with Crippen LogP contribution in [-0.4, -0.2) is 4.98 Å². The molecule has 1 fully saturated rings. The summed E-state index contributed by atoms with van der Waals surface area (Å²) in [5, 5.41) is 0. The number of pyridine rings is 1. The molecule has 0 unspecified atom stereocenters. The maximum absolute atomic E-state index is 4.67. The largest absolute Gasteiger partial charge is 0.256 e. The van der Waals surface area contributed by atoms with Gasteiger partial charge in [0.2, 0.25) is 0 Å². The van der Waals surface area contributed by atoms with Crippen LogP contribution in [0.4, 0.5) is 0 Å². The van der Waals surface area contributed by atoms with E-state index in [1.807, 2.05) is 12.3 Å². The molecule has 29 heavy (non-hydrogen) atoms. The number of aromatic nitrogens is 1. The van der Waals surface area contributed by atoms with Gasteiger partial charge in [0.05, 0.1) is 5.69 Å². The number of hydrogen-bond donors (Lipinski definition) is 0. The second-order valence-corrected chi connectivity index (χ2v) is 8.92. The van der Waals surface area contributed by atoms with Crippen molar-refractivity contribution in [1.82, 2.24) is 4.98 Å². The van der Waals surface area contributed by atoms with Crippen LogP contribution >= 0.6 is 0 Å². The summed E-state index contributed by atoms with van der Waals surface area (Å²) in [6.07, 6.45) is 20.2. The van der Waals surface area contributed by atoms with Crippen molar-refractivity contribution in [2.45, 2.75) is 89.9 Å². The third-order valence-corrected chi connectivity index (χ3v) is 6.70. The Morgan fingerprint density at radius 1 is 0.931 bits per heavy atom. The van der Waals surface area contributed by atoms with Crippen LogP contribution in [0.25, 0.3) is 11.3 Å². The molecule has 0 amide bonds. The summed E-state index contributed by atoms with van der Waals surface area (Å²) in [4.78, 5) is 4.67. The fraction of sp³-hybridized carbons (Fsp3) is 0.536. The predicted molar refractivity (Wildman–Crippen MR) is 126 cm³/mol. The van der Waals surface area contributed by atoms with Crippen molar-refractivity contribution in [2.24, 2.45) is 5.92 Å². The van der Waals surface area contributed by atoms with E-state index in [9.17, 15) is 0 Å². The van der Waals surface area contributed by atoms with Crippen LogP contribution in [0, 0.1) is 5.92 Å². The fourth-order valence-electron chi connectivity index (χ4n) is 4.76. The van der Waals surface area contributed by atoms with Crippen molar-refractivity contribution in [3.05, 3.63) is 66.4 Å². The zero-order valence-electron chi connectivity index (χ0n) is 18.4. The number of aryl methyl sites for hydroxylation is 1. The lowest BCUT2D eigenvalue weighted by molar-refractivity contribution is 0.302. The van der Waals surface area contributed by atoms with Crippen LogP contribution in [0.2, 0.25) is 0 Å². The lowest BCUT2D eigenvalue weighted by atomic mass is 9.77. The monoisotopic (exact) mass is 389 g/mol. The van der Waals surface area contributed by atoms with Crippen LogP contribution in [0.15, 0.2) is 55.3 Å². The molecule has 0 atom stereocenters. The van der Waals surface area contributed by atoms with E-state index in [1.54, 1.807) is 0 Å². The van der Waals surface area contributed by atoms with Crippen LogP contribution in [0.1, 0.15) is 94.6 Å². The van der Waals surface area contributed by atoms with Gasteiger partial charge in [0.25, 0.3) is 0 Å². The van der Waals surface area contributed by atoms with Crippen LogP contribution < -0.4 is 0 Å². The Kier molecular flexibility index (Phi) is 8.99. The van der Waals surface area contributed by atoms with Crippen molar-refractivity contribution in [3.8, 4) is 11.3 Å². The van der Waals surface area contributed by atoms with Gasteiger partial charge in [0.15, 0.2) is 0 Å². The van der Waals surface area contributed by atoms with Gasteiger partial charge in [-0.15, -0.1) is 6.58 Å². The zero-order valence-corrected chi connectivity index (χ0v) is 18.4. The molecular formula is C28H39N. The van der Waals surface area contributed by atoms with Gasteiger partial charge in [-0.25, -0.2) is 0 Å². The highest BCUT2D eigenvalue weighted by atomic mass is 14.7. The summed E-state index contributed by atoms with van der Waals surface area (Å²) in [6, 6.07) is 13.6. The van der Waals surface area contributed by atoms with Crippen molar-refractivity contribution in [1.29, 1.82) is 0 Å². The molecule has 1 aliphatic carbocycles. The number of unbranched alkanes of at least 4 members (excludes halogenated alkanes) is 4. The van der Waals surface area contributed by atoms with E-state index in [1.165, 1.54) is 80.9 Å². The molecule has 1 aromatic heterocycles. The van der Waals surface area contributed by atoms with Crippen molar-refractivity contribution >= 4 is 0 Å². The third kappa shape index (κ3) is 6.84. The molecule has 0 bridgehead atoms. The molecule has 2 aromatic rings. The van der Waals surface area contributed by atoms with E-state index >= 15 is 0 Å². The standard InChI is InChI=1S/C28H39N/c1-3-5-7-8-9-11-23-12-15-25(16-13-23)26-17-19-27(20-18-26)28-21-14-24(22-29-28)10-6-4-2/h4,14,17-23,25H,2-3,5-13,15-16H2,1H3. The maximum Gasteiger partial charge on any atom is 0.0702 e. The van der Waals surface area contributed by atoms with Gasteiger partial charge in [-0.1, -0.05) is 81.9 Å². The van der Waals surface area contributed by atoms with Crippen LogP contribution in [-0.2, 0) is 6.42 Å². The molecule has 1 nitrogen and oxygen atoms in total. The number of hydrogen-bond acceptors (Lipinski definition) is 1. The molecule has 0 radical (unpaired) electrons. The minimum absolute atomic E-state index is 0.759. The average Bonchev–Trinajstić information content (AvgIpc) is 2.78. The van der Waals surface area contributed by atoms with E-state index in [0.29, 0.717) is 0 Å². The van der Waals surface area contributed by atoms with E-state index < -0.39 is 0 Å². The smallest absolute Gasteiger partial charge is 0.0702 e. The summed E-state index contributed by atoms with van der Waals surface area (Å²) in [7, 11) is 0. The van der Waals surface area contributed by atoms with E-state index in [2.05, 4.69) is 54.9 Å². The lowest BCUT2D eigenvalue weighted by Crippen LogP contribution is -2.13. The summed E-state index contributed by atoms with van der Waals surface area (Å²) in [6.45, 7) is 6.09. The highest BCUT2D eigenvalue weighted by molar-refractivity contribution is 5.59. The molecule has 1 saturated carbocycles. The predicted octanol–water partition coefficient (Wildman–Crippen LogP) is 8.50. The molecule has 0 aliphatic heterocycles. The fourth-order valence-corrected chi connectivity index (χ4v) is 4.76. The molecular weight excluding hydrogens is 350 g/mol. The van der Waals surface area contributed by atoms with E-state index in [4.69, 9.17) is 0 Å². The first kappa shape index (κ1) is 21.8. The van der Waals surface area contributed by atoms with E-state index in [-0.39, 0.29) is 0 Å². The second kappa shape index (κ2) is 12.0. The lowest BCUT2D eigenvalue weighted by Gasteiger charge is -2.29. The minimum Gasteiger partial charge on any atom is -0.256 e. The summed E-state index contributed by atoms with van der Waals surface area (Å²) in [5.74, 6) is 1.74. The van der Waals surface area contributed by atoms with Crippen molar-refractivity contribution in [2.75, 3.05) is 0 Å². The molecule has 1 aromatic carbocycles. The molecule has 0 saturated heterocycles. The normalized spacial score (nSPS) is 19.2. The molecule has 0 N–H and O–H groups in total. The van der Waals surface area contributed by atoms with Gasteiger partial charge in [0.1, 0.15) is 0 Å². The first-order valence-corrected chi connectivity index (χ1v) is 12.0. The van der Waals surface area contributed by atoms with Gasteiger partial charge < -0.3 is 0 Å². The summed E-state index contributed by atoms with van der Waals surface area (Å²) >= 11 is 0. The highest BCUT2D eigenvalue weighted by Gasteiger charge is 2.22. The minimum atomic E-state index is 0.759. The quantitative estimate of drug-likeness (QED) is 0.277. The van der Waals surface area contributed by atoms with Crippen molar-refractivity contribution < 1.29 is 0 Å². The Labute approximate surface area is 178 Å². The van der Waals surface area contributed by atoms with Crippen molar-refractivity contribution in [3.63, 3.8) is 0 Å². The number of rotatable bonds is 11. The van der Waals surface area contributed by atoms with Gasteiger partial charge in [-0.3, -0.25) is 4.98 Å². The van der Waals surface area contributed by atoms with Gasteiger partial charge in [-0.05, 0) is 67.6 Å². The Hall–Kier alpha value is -1.89. The van der Waals surface area contributed by atoms with Crippen LogP contribution in [0.5, 0.6) is 0 Å². The summed E-state index contributed by atoms with van der Waals surface area (Å²) < 4.78 is 0. The third-order valence-electron chi connectivity index (χ3n) is 6.70. The number of allylic oxidation sites excluding steroid dienone is 1. The number of benzene rings is 1. The Bertz CT molecular complexity index is 705. The topological polar surface area (TPSA) is 12.9 Å².